The molecule has 130 valence electrons. The summed E-state index contributed by atoms with van der Waals surface area (Å²) in [6.45, 7) is 7.66. The third kappa shape index (κ3) is 3.99. The van der Waals surface area contributed by atoms with E-state index in [0.717, 1.165) is 21.8 Å². The first-order valence-corrected chi connectivity index (χ1v) is 8.99. The number of aromatic nitrogens is 1. The lowest BCUT2D eigenvalue weighted by Gasteiger charge is -2.24. The van der Waals surface area contributed by atoms with Gasteiger partial charge in [0.1, 0.15) is 10.6 Å². The molecule has 0 aliphatic rings. The Morgan fingerprint density at radius 1 is 1.12 bits per heavy atom. The largest absolute Gasteiger partial charge is 0.443 e. The van der Waals surface area contributed by atoms with Crippen LogP contribution in [0.2, 0.25) is 0 Å². The van der Waals surface area contributed by atoms with Crippen molar-refractivity contribution in [2.45, 2.75) is 33.3 Å². The van der Waals surface area contributed by atoms with Crippen LogP contribution in [0, 0.1) is 6.92 Å². The summed E-state index contributed by atoms with van der Waals surface area (Å²) in [5.74, 6) is 0. The molecule has 0 radical (unpaired) electrons. The minimum atomic E-state index is -0.510. The maximum absolute atomic E-state index is 12.2. The third-order valence-electron chi connectivity index (χ3n) is 3.71. The third-order valence-corrected chi connectivity index (χ3v) is 4.78. The number of anilines is 1. The highest BCUT2D eigenvalue weighted by molar-refractivity contribution is 7.21. The fourth-order valence-electron chi connectivity index (χ4n) is 2.42. The number of carbonyl (C=O) groups excluding carboxylic acids is 1. The number of benzene rings is 2. The molecule has 1 aromatic heterocycles. The second kappa shape index (κ2) is 6.48. The van der Waals surface area contributed by atoms with E-state index in [0.29, 0.717) is 0 Å². The molecule has 3 aromatic rings. The average Bonchev–Trinajstić information content (AvgIpc) is 2.95. The molecule has 5 heteroatoms. The lowest BCUT2D eigenvalue weighted by Crippen LogP contribution is -2.34. The van der Waals surface area contributed by atoms with Gasteiger partial charge in [-0.25, -0.2) is 9.78 Å². The summed E-state index contributed by atoms with van der Waals surface area (Å²) >= 11 is 1.68. The molecule has 0 aliphatic carbocycles. The highest BCUT2D eigenvalue weighted by atomic mass is 32.1. The number of fused-ring (bicyclic) bond motifs is 1. The fourth-order valence-corrected chi connectivity index (χ4v) is 3.49. The Hall–Kier alpha value is -2.40. The van der Waals surface area contributed by atoms with Gasteiger partial charge >= 0.3 is 6.09 Å². The van der Waals surface area contributed by atoms with E-state index in [1.165, 1.54) is 15.2 Å². The summed E-state index contributed by atoms with van der Waals surface area (Å²) in [4.78, 5) is 18.4. The van der Waals surface area contributed by atoms with Crippen molar-refractivity contribution in [3.63, 3.8) is 0 Å². The molecule has 0 unspecified atom stereocenters. The van der Waals surface area contributed by atoms with E-state index in [2.05, 4.69) is 25.1 Å². The predicted octanol–water partition coefficient (Wildman–Crippen LogP) is 5.64. The normalized spacial score (nSPS) is 11.6. The molecule has 1 heterocycles. The molecule has 0 saturated heterocycles. The van der Waals surface area contributed by atoms with Crippen molar-refractivity contribution in [2.24, 2.45) is 0 Å². The van der Waals surface area contributed by atoms with Gasteiger partial charge in [-0.15, -0.1) is 11.3 Å². The number of nitrogens with zero attached hydrogens (tertiary/aromatic N) is 2. The number of carbonyl (C=O) groups is 1. The van der Waals surface area contributed by atoms with Crippen LogP contribution in [0.3, 0.4) is 0 Å². The number of thiazole rings is 1. The SMILES string of the molecule is Cc1ccc2nc(-c3ccc(N(C)C(=O)OC(C)(C)C)cc3)sc2c1. The summed E-state index contributed by atoms with van der Waals surface area (Å²) in [6, 6.07) is 14.1. The van der Waals surface area contributed by atoms with Crippen molar-refractivity contribution in [3.8, 4) is 10.6 Å². The molecule has 0 saturated carbocycles. The summed E-state index contributed by atoms with van der Waals surface area (Å²) in [7, 11) is 1.71. The zero-order chi connectivity index (χ0) is 18.2. The Bertz CT molecular complexity index is 908. The smallest absolute Gasteiger partial charge is 0.414 e. The number of aryl methyl sites for hydroxylation is 1. The van der Waals surface area contributed by atoms with Crippen molar-refractivity contribution in [1.29, 1.82) is 0 Å². The van der Waals surface area contributed by atoms with Crippen LogP contribution in [0.1, 0.15) is 26.3 Å². The number of hydrogen-bond donors (Lipinski definition) is 0. The van der Waals surface area contributed by atoms with Gasteiger partial charge in [0.15, 0.2) is 0 Å². The molecule has 0 fully saturated rings. The molecule has 0 aliphatic heterocycles. The summed E-state index contributed by atoms with van der Waals surface area (Å²) in [5.41, 5.74) is 3.57. The summed E-state index contributed by atoms with van der Waals surface area (Å²) < 4.78 is 6.58. The van der Waals surface area contributed by atoms with Crippen molar-refractivity contribution < 1.29 is 9.53 Å². The lowest BCUT2D eigenvalue weighted by molar-refractivity contribution is 0.0589. The van der Waals surface area contributed by atoms with Crippen molar-refractivity contribution in [1.82, 2.24) is 4.98 Å². The zero-order valence-electron chi connectivity index (χ0n) is 15.2. The van der Waals surface area contributed by atoms with E-state index < -0.39 is 5.60 Å². The fraction of sp³-hybridized carbons (Fsp3) is 0.300. The highest BCUT2D eigenvalue weighted by Crippen LogP contribution is 2.31. The summed E-state index contributed by atoms with van der Waals surface area (Å²) in [5, 5.41) is 0.979. The average molecular weight is 354 g/mol. The topological polar surface area (TPSA) is 42.4 Å². The first-order valence-electron chi connectivity index (χ1n) is 8.17. The van der Waals surface area contributed by atoms with E-state index in [-0.39, 0.29) is 6.09 Å². The Kier molecular flexibility index (Phi) is 4.52. The Labute approximate surface area is 152 Å². The minimum absolute atomic E-state index is 0.365. The summed E-state index contributed by atoms with van der Waals surface area (Å²) in [6.07, 6.45) is -0.365. The minimum Gasteiger partial charge on any atom is -0.443 e. The second-order valence-electron chi connectivity index (χ2n) is 7.08. The second-order valence-corrected chi connectivity index (χ2v) is 8.11. The van der Waals surface area contributed by atoms with Crippen LogP contribution in [0.25, 0.3) is 20.8 Å². The standard InChI is InChI=1S/C20H22N2O2S/c1-13-6-11-16-17(12-13)25-18(21-16)14-7-9-15(10-8-14)22(5)19(23)24-20(2,3)4/h6-12H,1-5H3. The predicted molar refractivity (Wildman–Crippen MR) is 104 cm³/mol. The molecule has 2 aromatic carbocycles. The van der Waals surface area contributed by atoms with Crippen LogP contribution in [0.5, 0.6) is 0 Å². The molecule has 4 nitrogen and oxygen atoms in total. The number of ether oxygens (including phenoxy) is 1. The van der Waals surface area contributed by atoms with Gasteiger partial charge in [-0.3, -0.25) is 4.90 Å². The van der Waals surface area contributed by atoms with Crippen LogP contribution in [0.15, 0.2) is 42.5 Å². The molecule has 0 spiro atoms. The molecule has 0 bridgehead atoms. The van der Waals surface area contributed by atoms with Gasteiger partial charge in [-0.1, -0.05) is 6.07 Å². The molecule has 0 N–H and O–H groups in total. The van der Waals surface area contributed by atoms with Crippen molar-refractivity contribution in [3.05, 3.63) is 48.0 Å². The van der Waals surface area contributed by atoms with Gasteiger partial charge in [0, 0.05) is 18.3 Å². The van der Waals surface area contributed by atoms with Crippen LogP contribution in [-0.4, -0.2) is 23.7 Å². The first-order chi connectivity index (χ1) is 11.7. The molecular weight excluding hydrogens is 332 g/mol. The van der Waals surface area contributed by atoms with Gasteiger partial charge in [0.25, 0.3) is 0 Å². The van der Waals surface area contributed by atoms with Gasteiger partial charge < -0.3 is 4.74 Å². The number of rotatable bonds is 2. The number of hydrogen-bond acceptors (Lipinski definition) is 4. The highest BCUT2D eigenvalue weighted by Gasteiger charge is 2.20. The molecule has 1 amide bonds. The van der Waals surface area contributed by atoms with E-state index in [1.807, 2.05) is 45.0 Å². The van der Waals surface area contributed by atoms with Gasteiger partial charge in [-0.2, -0.15) is 0 Å². The van der Waals surface area contributed by atoms with Gasteiger partial charge in [0.2, 0.25) is 0 Å². The maximum Gasteiger partial charge on any atom is 0.414 e. The Morgan fingerprint density at radius 2 is 1.80 bits per heavy atom. The van der Waals surface area contributed by atoms with Crippen LogP contribution >= 0.6 is 11.3 Å². The van der Waals surface area contributed by atoms with E-state index in [4.69, 9.17) is 9.72 Å². The quantitative estimate of drug-likeness (QED) is 0.598. The van der Waals surface area contributed by atoms with Gasteiger partial charge in [0.05, 0.1) is 10.2 Å². The lowest BCUT2D eigenvalue weighted by atomic mass is 10.2. The molecular formula is C20H22N2O2S. The van der Waals surface area contributed by atoms with Crippen LogP contribution in [0.4, 0.5) is 10.5 Å². The molecule has 25 heavy (non-hydrogen) atoms. The van der Waals surface area contributed by atoms with E-state index in [1.54, 1.807) is 18.4 Å². The Morgan fingerprint density at radius 3 is 2.44 bits per heavy atom. The van der Waals surface area contributed by atoms with E-state index in [9.17, 15) is 4.79 Å². The maximum atomic E-state index is 12.2. The monoisotopic (exact) mass is 354 g/mol. The van der Waals surface area contributed by atoms with Crippen molar-refractivity contribution in [2.75, 3.05) is 11.9 Å². The van der Waals surface area contributed by atoms with Gasteiger partial charge in [-0.05, 0) is 69.7 Å². The first kappa shape index (κ1) is 17.4. The molecule has 3 rings (SSSR count). The number of amides is 1. The van der Waals surface area contributed by atoms with Crippen LogP contribution in [-0.2, 0) is 4.74 Å². The molecule has 0 atom stereocenters. The zero-order valence-corrected chi connectivity index (χ0v) is 16.0. The van der Waals surface area contributed by atoms with E-state index >= 15 is 0 Å². The Balaban J connectivity index is 1.82. The van der Waals surface area contributed by atoms with Crippen LogP contribution < -0.4 is 4.90 Å². The van der Waals surface area contributed by atoms with Crippen molar-refractivity contribution >= 4 is 33.3 Å².